The maximum atomic E-state index is 13.2. The van der Waals surface area contributed by atoms with Gasteiger partial charge in [-0.1, -0.05) is 66.7 Å². The lowest BCUT2D eigenvalue weighted by Gasteiger charge is -2.34. The van der Waals surface area contributed by atoms with Gasteiger partial charge < -0.3 is 9.42 Å². The number of nitrogens with zero attached hydrogens (tertiary/aromatic N) is 3. The highest BCUT2D eigenvalue weighted by Gasteiger charge is 2.30. The van der Waals surface area contributed by atoms with E-state index in [0.29, 0.717) is 24.1 Å². The van der Waals surface area contributed by atoms with Crippen LogP contribution < -0.4 is 0 Å². The van der Waals surface area contributed by atoms with Crippen LogP contribution in [-0.4, -0.2) is 34.0 Å². The molecule has 2 aromatic carbocycles. The summed E-state index contributed by atoms with van der Waals surface area (Å²) in [5, 5.41) is 4.18. The molecule has 5 nitrogen and oxygen atoms in total. The lowest BCUT2D eigenvalue weighted by molar-refractivity contribution is -0.134. The van der Waals surface area contributed by atoms with Gasteiger partial charge in [-0.2, -0.15) is 4.98 Å². The standard InChI is InChI=1S/C25H29N3O2/c1-3-21(20-12-5-4-6-13-20)25(29)28-15-9-11-19(17-28)16-23-26-24(27-30-23)22-14-8-7-10-18(22)2/h4-8,10,12-14,19,21H,3,9,11,15-17H2,1-2H3/t19-,21+/m1/s1. The number of amides is 1. The van der Waals surface area contributed by atoms with E-state index in [-0.39, 0.29) is 11.8 Å². The maximum absolute atomic E-state index is 13.2. The average molecular weight is 404 g/mol. The van der Waals surface area contributed by atoms with Gasteiger partial charge in [-0.3, -0.25) is 4.79 Å². The molecule has 0 N–H and O–H groups in total. The van der Waals surface area contributed by atoms with Crippen molar-refractivity contribution in [3.63, 3.8) is 0 Å². The van der Waals surface area contributed by atoms with Crippen molar-refractivity contribution in [1.29, 1.82) is 0 Å². The molecule has 30 heavy (non-hydrogen) atoms. The van der Waals surface area contributed by atoms with Gasteiger partial charge in [0.05, 0.1) is 5.92 Å². The van der Waals surface area contributed by atoms with Crippen LogP contribution in [0.3, 0.4) is 0 Å². The van der Waals surface area contributed by atoms with E-state index in [1.54, 1.807) is 0 Å². The fraction of sp³-hybridized carbons (Fsp3) is 0.400. The lowest BCUT2D eigenvalue weighted by atomic mass is 9.91. The van der Waals surface area contributed by atoms with Crippen molar-refractivity contribution in [3.05, 3.63) is 71.6 Å². The molecule has 0 unspecified atom stereocenters. The fourth-order valence-corrected chi connectivity index (χ4v) is 4.41. The average Bonchev–Trinajstić information content (AvgIpc) is 3.23. The third-order valence-corrected chi connectivity index (χ3v) is 6.06. The van der Waals surface area contributed by atoms with Crippen molar-refractivity contribution in [2.24, 2.45) is 5.92 Å². The predicted molar refractivity (Wildman–Crippen MR) is 117 cm³/mol. The van der Waals surface area contributed by atoms with Gasteiger partial charge in [0.25, 0.3) is 0 Å². The Labute approximate surface area is 178 Å². The third-order valence-electron chi connectivity index (χ3n) is 6.06. The summed E-state index contributed by atoms with van der Waals surface area (Å²) >= 11 is 0. The van der Waals surface area contributed by atoms with Crippen molar-refractivity contribution in [2.45, 2.75) is 45.4 Å². The molecule has 2 heterocycles. The number of likely N-dealkylation sites (tertiary alicyclic amines) is 1. The largest absolute Gasteiger partial charge is 0.342 e. The van der Waals surface area contributed by atoms with Gasteiger partial charge in [0.1, 0.15) is 0 Å². The van der Waals surface area contributed by atoms with Crippen molar-refractivity contribution >= 4 is 5.91 Å². The number of hydrogen-bond acceptors (Lipinski definition) is 4. The first kappa shape index (κ1) is 20.3. The van der Waals surface area contributed by atoms with E-state index in [1.165, 1.54) is 0 Å². The fourth-order valence-electron chi connectivity index (χ4n) is 4.41. The molecule has 0 radical (unpaired) electrons. The molecule has 2 atom stereocenters. The molecule has 0 saturated carbocycles. The molecule has 1 fully saturated rings. The Morgan fingerprint density at radius 3 is 2.70 bits per heavy atom. The van der Waals surface area contributed by atoms with E-state index in [9.17, 15) is 4.79 Å². The summed E-state index contributed by atoms with van der Waals surface area (Å²) in [4.78, 5) is 19.9. The molecule has 4 rings (SSSR count). The van der Waals surface area contributed by atoms with Gasteiger partial charge in [-0.05, 0) is 43.2 Å². The summed E-state index contributed by atoms with van der Waals surface area (Å²) < 4.78 is 5.55. The van der Waals surface area contributed by atoms with E-state index in [1.807, 2.05) is 54.3 Å². The summed E-state index contributed by atoms with van der Waals surface area (Å²) in [7, 11) is 0. The molecule has 156 valence electrons. The number of hydrogen-bond donors (Lipinski definition) is 0. The Morgan fingerprint density at radius 2 is 1.93 bits per heavy atom. The quantitative estimate of drug-likeness (QED) is 0.580. The summed E-state index contributed by atoms with van der Waals surface area (Å²) in [6.07, 6.45) is 3.62. The van der Waals surface area contributed by atoms with E-state index < -0.39 is 0 Å². The molecule has 1 aliphatic heterocycles. The highest BCUT2D eigenvalue weighted by molar-refractivity contribution is 5.83. The van der Waals surface area contributed by atoms with E-state index >= 15 is 0 Å². The highest BCUT2D eigenvalue weighted by Crippen LogP contribution is 2.27. The van der Waals surface area contributed by atoms with Crippen LogP contribution in [-0.2, 0) is 11.2 Å². The molecule has 0 bridgehead atoms. The number of benzene rings is 2. The molecule has 5 heteroatoms. The van der Waals surface area contributed by atoms with Crippen LogP contribution >= 0.6 is 0 Å². The van der Waals surface area contributed by atoms with Gasteiger partial charge >= 0.3 is 0 Å². The van der Waals surface area contributed by atoms with Crippen molar-refractivity contribution in [2.75, 3.05) is 13.1 Å². The number of aryl methyl sites for hydroxylation is 1. The monoisotopic (exact) mass is 403 g/mol. The number of aromatic nitrogens is 2. The van der Waals surface area contributed by atoms with Gasteiger partial charge in [-0.15, -0.1) is 0 Å². The minimum atomic E-state index is -0.0685. The van der Waals surface area contributed by atoms with Crippen molar-refractivity contribution in [1.82, 2.24) is 15.0 Å². The number of carbonyl (C=O) groups excluding carboxylic acids is 1. The normalized spacial score (nSPS) is 17.7. The summed E-state index contributed by atoms with van der Waals surface area (Å²) in [6.45, 7) is 5.72. The number of rotatable bonds is 6. The topological polar surface area (TPSA) is 59.2 Å². The molecular weight excluding hydrogens is 374 g/mol. The zero-order valence-electron chi connectivity index (χ0n) is 17.8. The van der Waals surface area contributed by atoms with Gasteiger partial charge in [0.15, 0.2) is 0 Å². The Balaban J connectivity index is 1.42. The smallest absolute Gasteiger partial charge is 0.230 e. The second kappa shape index (κ2) is 9.24. The molecule has 1 aliphatic rings. The van der Waals surface area contributed by atoms with Crippen LogP contribution in [0.2, 0.25) is 0 Å². The van der Waals surface area contributed by atoms with E-state index in [4.69, 9.17) is 4.52 Å². The zero-order valence-corrected chi connectivity index (χ0v) is 17.8. The van der Waals surface area contributed by atoms with Crippen LogP contribution in [0.1, 0.15) is 49.1 Å². The first-order valence-corrected chi connectivity index (χ1v) is 10.9. The van der Waals surface area contributed by atoms with E-state index in [0.717, 1.165) is 49.0 Å². The lowest BCUT2D eigenvalue weighted by Crippen LogP contribution is -2.42. The molecule has 1 amide bonds. The minimum absolute atomic E-state index is 0.0685. The van der Waals surface area contributed by atoms with Gasteiger partial charge in [0.2, 0.25) is 17.6 Å². The minimum Gasteiger partial charge on any atom is -0.342 e. The van der Waals surface area contributed by atoms with Crippen LogP contribution in [0.4, 0.5) is 0 Å². The van der Waals surface area contributed by atoms with Crippen molar-refractivity contribution in [3.8, 4) is 11.4 Å². The second-order valence-electron chi connectivity index (χ2n) is 8.19. The summed E-state index contributed by atoms with van der Waals surface area (Å²) in [6, 6.07) is 18.2. The zero-order chi connectivity index (χ0) is 20.9. The van der Waals surface area contributed by atoms with Crippen LogP contribution in [0.25, 0.3) is 11.4 Å². The Hall–Kier alpha value is -2.95. The maximum Gasteiger partial charge on any atom is 0.230 e. The Kier molecular flexibility index (Phi) is 6.26. The van der Waals surface area contributed by atoms with Gasteiger partial charge in [-0.25, -0.2) is 0 Å². The Morgan fingerprint density at radius 1 is 1.17 bits per heavy atom. The third kappa shape index (κ3) is 4.45. The summed E-state index contributed by atoms with van der Waals surface area (Å²) in [5.41, 5.74) is 3.24. The number of piperidine rings is 1. The number of carbonyl (C=O) groups is 1. The molecule has 3 aromatic rings. The van der Waals surface area contributed by atoms with Crippen LogP contribution in [0.15, 0.2) is 59.1 Å². The van der Waals surface area contributed by atoms with Crippen LogP contribution in [0.5, 0.6) is 0 Å². The predicted octanol–water partition coefficient (Wildman–Crippen LogP) is 5.02. The summed E-state index contributed by atoms with van der Waals surface area (Å²) in [5.74, 6) is 1.81. The highest BCUT2D eigenvalue weighted by atomic mass is 16.5. The second-order valence-corrected chi connectivity index (χ2v) is 8.19. The first-order valence-electron chi connectivity index (χ1n) is 10.9. The molecule has 0 spiro atoms. The van der Waals surface area contributed by atoms with Crippen LogP contribution in [0, 0.1) is 12.8 Å². The Bertz CT molecular complexity index is 983. The van der Waals surface area contributed by atoms with Crippen molar-refractivity contribution < 1.29 is 9.32 Å². The molecule has 1 aromatic heterocycles. The van der Waals surface area contributed by atoms with Gasteiger partial charge in [0, 0.05) is 25.1 Å². The SMILES string of the molecule is CC[C@H](C(=O)N1CCC[C@H](Cc2nc(-c3ccccc3C)no2)C1)c1ccccc1. The first-order chi connectivity index (χ1) is 14.7. The molecular formula is C25H29N3O2. The molecule has 1 saturated heterocycles. The molecule has 0 aliphatic carbocycles. The van der Waals surface area contributed by atoms with E-state index in [2.05, 4.69) is 29.2 Å².